The summed E-state index contributed by atoms with van der Waals surface area (Å²) in [6.45, 7) is 2.29. The number of nitrogens with one attached hydrogen (secondary N) is 1. The normalized spacial score (nSPS) is 18.5. The number of nitriles is 1. The maximum absolute atomic E-state index is 11.6. The van der Waals surface area contributed by atoms with Gasteiger partial charge in [-0.05, 0) is 49.6 Å². The Bertz CT molecular complexity index is 1580. The van der Waals surface area contributed by atoms with Crippen LogP contribution in [0.5, 0.6) is 0 Å². The van der Waals surface area contributed by atoms with E-state index >= 15 is 0 Å². The lowest BCUT2D eigenvalue weighted by molar-refractivity contribution is -0.138. The number of pyridine rings is 1. The van der Waals surface area contributed by atoms with Gasteiger partial charge in [0.15, 0.2) is 0 Å². The van der Waals surface area contributed by atoms with E-state index in [2.05, 4.69) is 21.7 Å². The predicted octanol–water partition coefficient (Wildman–Crippen LogP) is 2.97. The maximum Gasteiger partial charge on any atom is 0.326 e. The molecule has 0 saturated carbocycles. The highest BCUT2D eigenvalue weighted by molar-refractivity contribution is 5.78. The van der Waals surface area contributed by atoms with E-state index in [-0.39, 0.29) is 6.04 Å². The summed E-state index contributed by atoms with van der Waals surface area (Å²) in [5, 5.41) is 30.9. The number of carboxylic acids is 1. The summed E-state index contributed by atoms with van der Waals surface area (Å²) in [6, 6.07) is 16.4. The molecule has 0 spiro atoms. The zero-order valence-corrected chi connectivity index (χ0v) is 21.6. The molecule has 1 aromatic carbocycles. The molecule has 2 atom stereocenters. The van der Waals surface area contributed by atoms with Gasteiger partial charge < -0.3 is 20.1 Å². The fourth-order valence-corrected chi connectivity index (χ4v) is 5.04. The van der Waals surface area contributed by atoms with Crippen LogP contribution < -0.4 is 10.2 Å². The molecule has 2 saturated heterocycles. The molecule has 0 bridgehead atoms. The number of hydrogen-bond donors (Lipinski definition) is 2. The van der Waals surface area contributed by atoms with Crippen LogP contribution in [0.4, 0.5) is 11.8 Å². The highest BCUT2D eigenvalue weighted by Gasteiger charge is 2.31. The van der Waals surface area contributed by atoms with Crippen LogP contribution in [-0.4, -0.2) is 72.9 Å². The highest BCUT2D eigenvalue weighted by Crippen LogP contribution is 2.27. The smallest absolute Gasteiger partial charge is 0.326 e. The van der Waals surface area contributed by atoms with Crippen molar-refractivity contribution in [3.05, 3.63) is 66.0 Å². The van der Waals surface area contributed by atoms with E-state index in [4.69, 9.17) is 19.7 Å². The molecule has 12 heteroatoms. The van der Waals surface area contributed by atoms with Crippen molar-refractivity contribution in [3.63, 3.8) is 0 Å². The standard InChI is InChI=1S/C28H27N9O3/c29-14-18-4-1-5-19(12-18)22-13-23(33-28(32-22)31-21-9-11-40-17-21)24-16-36(35-34-24)15-20-6-2-8-26(30-20)37-10-3-7-25(37)27(38)39/h1-2,4-6,8,12-13,16,21,25H,3,7,9-11,15,17H2,(H,38,39)(H,31,32,33)/t21-,25?/m0/s1. The molecule has 12 nitrogen and oxygen atoms in total. The SMILES string of the molecule is N#Cc1cccc(-c2cc(-c3cn(Cc4cccc(N5CCCC5C(=O)O)n4)nn3)nc(N[C@H]3CCOC3)n2)c1. The minimum absolute atomic E-state index is 0.110. The van der Waals surface area contributed by atoms with E-state index in [1.807, 2.05) is 41.3 Å². The average Bonchev–Trinajstić information content (AvgIpc) is 3.76. The molecule has 40 heavy (non-hydrogen) atoms. The molecule has 5 heterocycles. The van der Waals surface area contributed by atoms with Crippen molar-refractivity contribution in [2.75, 3.05) is 30.0 Å². The molecule has 2 fully saturated rings. The minimum atomic E-state index is -0.830. The first-order valence-corrected chi connectivity index (χ1v) is 13.2. The largest absolute Gasteiger partial charge is 0.480 e. The summed E-state index contributed by atoms with van der Waals surface area (Å²) in [6.07, 6.45) is 4.09. The molecule has 2 aliphatic heterocycles. The van der Waals surface area contributed by atoms with Gasteiger partial charge in [-0.15, -0.1) is 5.10 Å². The quantitative estimate of drug-likeness (QED) is 0.341. The number of anilines is 2. The predicted molar refractivity (Wildman–Crippen MR) is 145 cm³/mol. The summed E-state index contributed by atoms with van der Waals surface area (Å²) < 4.78 is 7.17. The van der Waals surface area contributed by atoms with Crippen molar-refractivity contribution in [1.29, 1.82) is 5.26 Å². The molecule has 3 aromatic heterocycles. The molecule has 2 N–H and O–H groups in total. The van der Waals surface area contributed by atoms with Crippen molar-refractivity contribution < 1.29 is 14.6 Å². The Morgan fingerprint density at radius 3 is 2.80 bits per heavy atom. The number of aliphatic carboxylic acids is 1. The van der Waals surface area contributed by atoms with Crippen LogP contribution in [0.2, 0.25) is 0 Å². The Kier molecular flexibility index (Phi) is 7.03. The van der Waals surface area contributed by atoms with Crippen LogP contribution in [0, 0.1) is 11.3 Å². The third-order valence-corrected chi connectivity index (χ3v) is 7.03. The van der Waals surface area contributed by atoms with Gasteiger partial charge in [-0.1, -0.05) is 23.4 Å². The molecule has 0 amide bonds. The molecular weight excluding hydrogens is 510 g/mol. The van der Waals surface area contributed by atoms with Gasteiger partial charge in [0.05, 0.1) is 54.1 Å². The van der Waals surface area contributed by atoms with Gasteiger partial charge >= 0.3 is 5.97 Å². The summed E-state index contributed by atoms with van der Waals surface area (Å²) in [7, 11) is 0. The third-order valence-electron chi connectivity index (χ3n) is 7.03. The first kappa shape index (κ1) is 25.4. The second-order valence-corrected chi connectivity index (χ2v) is 9.84. The molecule has 202 valence electrons. The monoisotopic (exact) mass is 537 g/mol. The van der Waals surface area contributed by atoms with Crippen LogP contribution in [0.3, 0.4) is 0 Å². The van der Waals surface area contributed by atoms with Gasteiger partial charge in [0, 0.05) is 18.7 Å². The zero-order valence-electron chi connectivity index (χ0n) is 21.6. The maximum atomic E-state index is 11.6. The number of benzene rings is 1. The van der Waals surface area contributed by atoms with E-state index in [0.29, 0.717) is 67.1 Å². The average molecular weight is 538 g/mol. The van der Waals surface area contributed by atoms with Crippen molar-refractivity contribution in [3.8, 4) is 28.7 Å². The Balaban J connectivity index is 1.27. The molecule has 1 unspecified atom stereocenters. The van der Waals surface area contributed by atoms with Gasteiger partial charge in [0.25, 0.3) is 0 Å². The van der Waals surface area contributed by atoms with Crippen LogP contribution in [0.1, 0.15) is 30.5 Å². The number of carboxylic acid groups (broad SMARTS) is 1. The lowest BCUT2D eigenvalue weighted by Crippen LogP contribution is -2.36. The van der Waals surface area contributed by atoms with Gasteiger partial charge in [0.1, 0.15) is 17.6 Å². The lowest BCUT2D eigenvalue weighted by atomic mass is 10.1. The number of rotatable bonds is 8. The first-order valence-electron chi connectivity index (χ1n) is 13.2. The topological polar surface area (TPSA) is 155 Å². The van der Waals surface area contributed by atoms with Crippen LogP contribution >= 0.6 is 0 Å². The fourth-order valence-electron chi connectivity index (χ4n) is 5.04. The molecule has 0 radical (unpaired) electrons. The summed E-state index contributed by atoms with van der Waals surface area (Å²) >= 11 is 0. The van der Waals surface area contributed by atoms with Crippen molar-refractivity contribution in [2.24, 2.45) is 0 Å². The van der Waals surface area contributed by atoms with E-state index in [0.717, 1.165) is 24.1 Å². The van der Waals surface area contributed by atoms with E-state index in [1.165, 1.54) is 0 Å². The molecule has 2 aliphatic rings. The molecular formula is C28H27N9O3. The van der Waals surface area contributed by atoms with Gasteiger partial charge in [-0.25, -0.2) is 24.4 Å². The number of hydrogen-bond acceptors (Lipinski definition) is 10. The van der Waals surface area contributed by atoms with Crippen molar-refractivity contribution in [2.45, 2.75) is 37.9 Å². The Morgan fingerprint density at radius 2 is 1.98 bits per heavy atom. The second kappa shape index (κ2) is 11.1. The molecule has 4 aromatic rings. The molecule has 6 rings (SSSR count). The number of nitrogens with zero attached hydrogens (tertiary/aromatic N) is 8. The summed E-state index contributed by atoms with van der Waals surface area (Å²) in [5.74, 6) is 0.269. The summed E-state index contributed by atoms with van der Waals surface area (Å²) in [4.78, 5) is 27.6. The fraction of sp³-hybridized carbons (Fsp3) is 0.321. The number of ether oxygens (including phenoxy) is 1. The van der Waals surface area contributed by atoms with Crippen molar-refractivity contribution in [1.82, 2.24) is 29.9 Å². The van der Waals surface area contributed by atoms with E-state index in [9.17, 15) is 15.2 Å². The summed E-state index contributed by atoms with van der Waals surface area (Å²) in [5.41, 5.74) is 3.89. The Morgan fingerprint density at radius 1 is 1.10 bits per heavy atom. The van der Waals surface area contributed by atoms with E-state index < -0.39 is 12.0 Å². The first-order chi connectivity index (χ1) is 19.6. The van der Waals surface area contributed by atoms with Gasteiger partial charge in [-0.2, -0.15) is 5.26 Å². The minimum Gasteiger partial charge on any atom is -0.480 e. The van der Waals surface area contributed by atoms with Crippen LogP contribution in [0.25, 0.3) is 22.6 Å². The van der Waals surface area contributed by atoms with Crippen LogP contribution in [-0.2, 0) is 16.1 Å². The Labute approximate surface area is 230 Å². The number of carbonyl (C=O) groups is 1. The van der Waals surface area contributed by atoms with E-state index in [1.54, 1.807) is 23.0 Å². The highest BCUT2D eigenvalue weighted by atomic mass is 16.5. The van der Waals surface area contributed by atoms with Crippen molar-refractivity contribution >= 4 is 17.7 Å². The van der Waals surface area contributed by atoms with Gasteiger partial charge in [-0.3, -0.25) is 0 Å². The Hall–Kier alpha value is -4.89. The van der Waals surface area contributed by atoms with Gasteiger partial charge in [0.2, 0.25) is 5.95 Å². The zero-order chi connectivity index (χ0) is 27.5. The lowest BCUT2D eigenvalue weighted by Gasteiger charge is -2.22. The van der Waals surface area contributed by atoms with Crippen LogP contribution in [0.15, 0.2) is 54.7 Å². The third kappa shape index (κ3) is 5.45. The number of aromatic nitrogens is 6. The second-order valence-electron chi connectivity index (χ2n) is 9.84. The molecule has 0 aliphatic carbocycles.